The highest BCUT2D eigenvalue weighted by molar-refractivity contribution is 7.98. The summed E-state index contributed by atoms with van der Waals surface area (Å²) in [6.07, 6.45) is 0. The van der Waals surface area contributed by atoms with Crippen molar-refractivity contribution in [2.45, 2.75) is 24.4 Å². The first-order valence-electron chi connectivity index (χ1n) is 11.1. The molecule has 2 aromatic heterocycles. The second-order valence-corrected chi connectivity index (χ2v) is 8.53. The van der Waals surface area contributed by atoms with Crippen LogP contribution in [-0.2, 0) is 12.3 Å². The third kappa shape index (κ3) is 5.09. The molecule has 0 aliphatic carbocycles. The van der Waals surface area contributed by atoms with Gasteiger partial charge in [0.15, 0.2) is 11.0 Å². The van der Waals surface area contributed by atoms with E-state index < -0.39 is 0 Å². The van der Waals surface area contributed by atoms with Crippen LogP contribution in [-0.4, -0.2) is 31.5 Å². The molecule has 0 spiro atoms. The van der Waals surface area contributed by atoms with Crippen LogP contribution in [0.5, 0.6) is 5.75 Å². The van der Waals surface area contributed by atoms with Crippen molar-refractivity contribution in [1.29, 1.82) is 0 Å². The fourth-order valence-corrected chi connectivity index (χ4v) is 4.40. The lowest BCUT2D eigenvalue weighted by Gasteiger charge is -2.10. The van der Waals surface area contributed by atoms with Crippen molar-refractivity contribution in [3.8, 4) is 28.5 Å². The van der Waals surface area contributed by atoms with E-state index in [4.69, 9.17) is 9.26 Å². The predicted octanol–water partition coefficient (Wildman–Crippen LogP) is 5.87. The quantitative estimate of drug-likeness (QED) is 0.241. The van der Waals surface area contributed by atoms with Gasteiger partial charge in [-0.25, -0.2) is 4.39 Å². The fourth-order valence-electron chi connectivity index (χ4n) is 3.63. The van der Waals surface area contributed by atoms with Crippen LogP contribution in [0, 0.1) is 5.82 Å². The van der Waals surface area contributed by atoms with Gasteiger partial charge in [0, 0.05) is 0 Å². The Labute approximate surface area is 206 Å². The van der Waals surface area contributed by atoms with Crippen LogP contribution in [0.1, 0.15) is 18.4 Å². The molecule has 2 heterocycles. The Morgan fingerprint density at radius 3 is 2.46 bits per heavy atom. The average Bonchev–Trinajstić information content (AvgIpc) is 3.51. The van der Waals surface area contributed by atoms with Crippen molar-refractivity contribution < 1.29 is 13.7 Å². The summed E-state index contributed by atoms with van der Waals surface area (Å²) < 4.78 is 27.6. The average molecular weight is 488 g/mol. The lowest BCUT2D eigenvalue weighted by molar-refractivity contribution is 0.341. The molecule has 0 bridgehead atoms. The first-order valence-corrected chi connectivity index (χ1v) is 12.1. The van der Waals surface area contributed by atoms with Crippen LogP contribution < -0.4 is 4.74 Å². The Morgan fingerprint density at radius 1 is 0.914 bits per heavy atom. The van der Waals surface area contributed by atoms with Gasteiger partial charge in [-0.15, -0.1) is 10.2 Å². The highest BCUT2D eigenvalue weighted by Crippen LogP contribution is 2.31. The van der Waals surface area contributed by atoms with Gasteiger partial charge in [0.25, 0.3) is 0 Å². The summed E-state index contributed by atoms with van der Waals surface area (Å²) in [4.78, 5) is 4.54. The zero-order chi connectivity index (χ0) is 24.0. The van der Waals surface area contributed by atoms with Crippen molar-refractivity contribution in [1.82, 2.24) is 24.9 Å². The third-order valence-corrected chi connectivity index (χ3v) is 6.19. The van der Waals surface area contributed by atoms with Gasteiger partial charge in [0.1, 0.15) is 11.6 Å². The number of rotatable bonds is 9. The second-order valence-electron chi connectivity index (χ2n) is 7.59. The standard InChI is InChI=1S/C26H22FN5O2S/c1-2-33-22-15-9-7-13-20(22)24-28-23(34-31-24)17-35-26-30-29-25(19-12-6-8-14-21(19)27)32(26)16-18-10-4-3-5-11-18/h3-15H,2,16-17H2,1H3. The zero-order valence-corrected chi connectivity index (χ0v) is 19.8. The van der Waals surface area contributed by atoms with E-state index >= 15 is 0 Å². The molecule has 0 aliphatic heterocycles. The summed E-state index contributed by atoms with van der Waals surface area (Å²) in [7, 11) is 0. The van der Waals surface area contributed by atoms with E-state index in [1.165, 1.54) is 17.8 Å². The van der Waals surface area contributed by atoms with Crippen molar-refractivity contribution in [3.63, 3.8) is 0 Å². The van der Waals surface area contributed by atoms with Crippen LogP contribution in [0.4, 0.5) is 4.39 Å². The Morgan fingerprint density at radius 2 is 1.66 bits per heavy atom. The molecule has 0 N–H and O–H groups in total. The highest BCUT2D eigenvalue weighted by Gasteiger charge is 2.19. The molecule has 5 rings (SSSR count). The fraction of sp³-hybridized carbons (Fsp3) is 0.154. The van der Waals surface area contributed by atoms with Crippen molar-refractivity contribution >= 4 is 11.8 Å². The molecular formula is C26H22FN5O2S. The molecule has 3 aromatic carbocycles. The summed E-state index contributed by atoms with van der Waals surface area (Å²) in [5.41, 5.74) is 2.22. The molecular weight excluding hydrogens is 465 g/mol. The topological polar surface area (TPSA) is 78.9 Å². The number of thioether (sulfide) groups is 1. The molecule has 0 amide bonds. The van der Waals surface area contributed by atoms with Gasteiger partial charge in [0.2, 0.25) is 11.7 Å². The van der Waals surface area contributed by atoms with Gasteiger partial charge in [-0.05, 0) is 36.8 Å². The Hall–Kier alpha value is -3.98. The van der Waals surface area contributed by atoms with Gasteiger partial charge >= 0.3 is 0 Å². The number of hydrogen-bond acceptors (Lipinski definition) is 7. The normalized spacial score (nSPS) is 11.0. The SMILES string of the molecule is CCOc1ccccc1-c1noc(CSc2nnc(-c3ccccc3F)n2Cc2ccccc2)n1. The Kier molecular flexibility index (Phi) is 6.85. The summed E-state index contributed by atoms with van der Waals surface area (Å²) in [5.74, 6) is 2.10. The minimum Gasteiger partial charge on any atom is -0.493 e. The molecule has 9 heteroatoms. The Bertz CT molecular complexity index is 1420. The summed E-state index contributed by atoms with van der Waals surface area (Å²) in [5, 5.41) is 13.4. The highest BCUT2D eigenvalue weighted by atomic mass is 32.2. The largest absolute Gasteiger partial charge is 0.493 e. The molecule has 7 nitrogen and oxygen atoms in total. The van der Waals surface area contributed by atoms with Crippen LogP contribution >= 0.6 is 11.8 Å². The number of halogens is 1. The van der Waals surface area contributed by atoms with Crippen LogP contribution in [0.2, 0.25) is 0 Å². The lowest BCUT2D eigenvalue weighted by Crippen LogP contribution is -2.05. The first-order chi connectivity index (χ1) is 17.2. The van der Waals surface area contributed by atoms with E-state index in [1.54, 1.807) is 18.2 Å². The molecule has 0 radical (unpaired) electrons. The molecule has 0 saturated heterocycles. The van der Waals surface area contributed by atoms with Gasteiger partial charge in [-0.3, -0.25) is 4.57 Å². The van der Waals surface area contributed by atoms with E-state index in [2.05, 4.69) is 20.3 Å². The summed E-state index contributed by atoms with van der Waals surface area (Å²) in [6.45, 7) is 2.96. The predicted molar refractivity (Wildman–Crippen MR) is 131 cm³/mol. The van der Waals surface area contributed by atoms with Crippen LogP contribution in [0.25, 0.3) is 22.8 Å². The van der Waals surface area contributed by atoms with Gasteiger partial charge < -0.3 is 9.26 Å². The van der Waals surface area contributed by atoms with Crippen molar-refractivity contribution in [3.05, 3.63) is 96.1 Å². The number of benzene rings is 3. The smallest absolute Gasteiger partial charge is 0.237 e. The van der Waals surface area contributed by atoms with E-state index in [1.807, 2.05) is 66.1 Å². The molecule has 0 atom stereocenters. The Balaban J connectivity index is 1.41. The molecule has 0 unspecified atom stereocenters. The number of hydrogen-bond donors (Lipinski definition) is 0. The van der Waals surface area contributed by atoms with E-state index in [-0.39, 0.29) is 5.82 Å². The van der Waals surface area contributed by atoms with Gasteiger partial charge in [-0.2, -0.15) is 4.98 Å². The van der Waals surface area contributed by atoms with Gasteiger partial charge in [-0.1, -0.05) is 71.5 Å². The van der Waals surface area contributed by atoms with Gasteiger partial charge in [0.05, 0.1) is 30.0 Å². The maximum Gasteiger partial charge on any atom is 0.237 e. The third-order valence-electron chi connectivity index (χ3n) is 5.24. The molecule has 176 valence electrons. The number of nitrogens with zero attached hydrogens (tertiary/aromatic N) is 5. The van der Waals surface area contributed by atoms with E-state index in [9.17, 15) is 4.39 Å². The minimum absolute atomic E-state index is 0.347. The summed E-state index contributed by atoms with van der Waals surface area (Å²) in [6, 6.07) is 24.1. The number of para-hydroxylation sites is 1. The van der Waals surface area contributed by atoms with E-state index in [0.717, 1.165) is 11.1 Å². The molecule has 0 fully saturated rings. The molecule has 5 aromatic rings. The molecule has 35 heavy (non-hydrogen) atoms. The lowest BCUT2D eigenvalue weighted by atomic mass is 10.2. The minimum atomic E-state index is -0.347. The zero-order valence-electron chi connectivity index (χ0n) is 19.0. The van der Waals surface area contributed by atoms with Crippen molar-refractivity contribution in [2.24, 2.45) is 0 Å². The van der Waals surface area contributed by atoms with Crippen molar-refractivity contribution in [2.75, 3.05) is 6.61 Å². The van der Waals surface area contributed by atoms with E-state index in [0.29, 0.717) is 52.9 Å². The first kappa shape index (κ1) is 22.8. The molecule has 0 aliphatic rings. The maximum absolute atomic E-state index is 14.6. The monoisotopic (exact) mass is 487 g/mol. The number of ether oxygens (including phenoxy) is 1. The molecule has 0 saturated carbocycles. The van der Waals surface area contributed by atoms with Crippen LogP contribution in [0.3, 0.4) is 0 Å². The summed E-state index contributed by atoms with van der Waals surface area (Å²) >= 11 is 1.40. The second kappa shape index (κ2) is 10.5. The van der Waals surface area contributed by atoms with Crippen LogP contribution in [0.15, 0.2) is 88.5 Å². The number of aromatic nitrogens is 5. The maximum atomic E-state index is 14.6.